The van der Waals surface area contributed by atoms with Crippen molar-refractivity contribution in [1.29, 1.82) is 0 Å². The molecule has 2 aromatic carbocycles. The molecular formula is C26H30N4O5. The van der Waals surface area contributed by atoms with Crippen LogP contribution in [-0.4, -0.2) is 73.3 Å². The molecule has 4 rings (SSSR count). The molecule has 0 saturated carbocycles. The Kier molecular flexibility index (Phi) is 6.27. The average molecular weight is 479 g/mol. The first kappa shape index (κ1) is 24.3. The number of nitrogens with zero attached hydrogens (tertiary/aromatic N) is 3. The average Bonchev–Trinajstić information content (AvgIpc) is 3.17. The normalized spacial score (nSPS) is 22.9. The van der Waals surface area contributed by atoms with Gasteiger partial charge < -0.3 is 25.2 Å². The van der Waals surface area contributed by atoms with E-state index in [1.165, 1.54) is 14.7 Å². The Morgan fingerprint density at radius 3 is 2.37 bits per heavy atom. The van der Waals surface area contributed by atoms with Crippen molar-refractivity contribution in [3.63, 3.8) is 0 Å². The summed E-state index contributed by atoms with van der Waals surface area (Å²) in [5, 5.41) is 0. The summed E-state index contributed by atoms with van der Waals surface area (Å²) in [6, 6.07) is 14.3. The Balaban J connectivity index is 1.77. The third-order valence-corrected chi connectivity index (χ3v) is 7.16. The molecule has 2 aliphatic heterocycles. The summed E-state index contributed by atoms with van der Waals surface area (Å²) in [4.78, 5) is 57.1. The quantitative estimate of drug-likeness (QED) is 0.669. The van der Waals surface area contributed by atoms with Crippen molar-refractivity contribution in [2.45, 2.75) is 24.8 Å². The monoisotopic (exact) mass is 478 g/mol. The third-order valence-electron chi connectivity index (χ3n) is 7.16. The number of rotatable bonds is 6. The number of para-hydroxylation sites is 1. The number of hydrogen-bond donors (Lipinski definition) is 1. The zero-order valence-corrected chi connectivity index (χ0v) is 20.4. The smallest absolute Gasteiger partial charge is 0.253 e. The van der Waals surface area contributed by atoms with Gasteiger partial charge in [-0.1, -0.05) is 30.3 Å². The molecule has 4 amide bonds. The molecule has 0 spiro atoms. The van der Waals surface area contributed by atoms with Gasteiger partial charge in [0.2, 0.25) is 17.7 Å². The summed E-state index contributed by atoms with van der Waals surface area (Å²) in [6.45, 7) is 1.53. The first-order valence-corrected chi connectivity index (χ1v) is 11.4. The van der Waals surface area contributed by atoms with Crippen LogP contribution in [0.4, 0.5) is 5.69 Å². The van der Waals surface area contributed by atoms with E-state index in [4.69, 9.17) is 10.5 Å². The molecular weight excluding hydrogens is 448 g/mol. The molecule has 1 saturated heterocycles. The largest absolute Gasteiger partial charge is 0.497 e. The number of fused-ring (bicyclic) bond motifs is 3. The van der Waals surface area contributed by atoms with Crippen LogP contribution in [0.2, 0.25) is 0 Å². The number of ether oxygens (including phenoxy) is 1. The molecule has 1 fully saturated rings. The highest BCUT2D eigenvalue weighted by atomic mass is 16.5. The molecule has 2 N–H and O–H groups in total. The fourth-order valence-electron chi connectivity index (χ4n) is 5.26. The summed E-state index contributed by atoms with van der Waals surface area (Å²) in [5.74, 6) is -2.20. The molecule has 184 valence electrons. The second-order valence-corrected chi connectivity index (χ2v) is 9.40. The predicted molar refractivity (Wildman–Crippen MR) is 130 cm³/mol. The van der Waals surface area contributed by atoms with Crippen molar-refractivity contribution in [2.75, 3.05) is 39.2 Å². The molecule has 0 unspecified atom stereocenters. The van der Waals surface area contributed by atoms with Crippen LogP contribution in [0.5, 0.6) is 5.75 Å². The van der Waals surface area contributed by atoms with Gasteiger partial charge >= 0.3 is 0 Å². The number of carbonyl (C=O) groups excluding carboxylic acids is 4. The third kappa shape index (κ3) is 4.00. The number of likely N-dealkylation sites (tertiary alicyclic amines) is 1. The summed E-state index contributed by atoms with van der Waals surface area (Å²) in [5.41, 5.74) is 6.46. The molecule has 0 radical (unpaired) electrons. The van der Waals surface area contributed by atoms with Crippen molar-refractivity contribution in [3.8, 4) is 5.75 Å². The lowest BCUT2D eigenvalue weighted by molar-refractivity contribution is -0.143. The Morgan fingerprint density at radius 2 is 1.77 bits per heavy atom. The molecule has 9 heteroatoms. The predicted octanol–water partition coefficient (Wildman–Crippen LogP) is 1.16. The molecule has 9 nitrogen and oxygen atoms in total. The number of hydrogen-bond acceptors (Lipinski definition) is 5. The zero-order chi connectivity index (χ0) is 25.5. The highest BCUT2D eigenvalue weighted by Gasteiger charge is 2.63. The Hall–Kier alpha value is -3.88. The molecule has 3 atom stereocenters. The highest BCUT2D eigenvalue weighted by Crippen LogP contribution is 2.53. The van der Waals surface area contributed by atoms with Crippen LogP contribution in [0.3, 0.4) is 0 Å². The van der Waals surface area contributed by atoms with Gasteiger partial charge in [-0.05, 0) is 36.2 Å². The van der Waals surface area contributed by atoms with Crippen LogP contribution in [0, 0.1) is 5.92 Å². The topological polar surface area (TPSA) is 113 Å². The van der Waals surface area contributed by atoms with E-state index in [2.05, 4.69) is 0 Å². The number of amides is 4. The lowest BCUT2D eigenvalue weighted by Gasteiger charge is -2.46. The van der Waals surface area contributed by atoms with Gasteiger partial charge in [0, 0.05) is 32.2 Å². The van der Waals surface area contributed by atoms with Crippen LogP contribution in [0.25, 0.3) is 0 Å². The molecule has 2 aliphatic rings. The van der Waals surface area contributed by atoms with Crippen molar-refractivity contribution in [1.82, 2.24) is 9.80 Å². The first-order valence-electron chi connectivity index (χ1n) is 11.4. The lowest BCUT2D eigenvalue weighted by atomic mass is 9.71. The van der Waals surface area contributed by atoms with Crippen LogP contribution < -0.4 is 15.4 Å². The van der Waals surface area contributed by atoms with Gasteiger partial charge in [0.05, 0.1) is 19.4 Å². The van der Waals surface area contributed by atoms with Gasteiger partial charge in [-0.2, -0.15) is 0 Å². The number of likely N-dealkylation sites (N-methyl/N-ethyl adjacent to an activating group) is 1. The van der Waals surface area contributed by atoms with Crippen LogP contribution in [0.15, 0.2) is 48.5 Å². The second kappa shape index (κ2) is 9.05. The Bertz CT molecular complexity index is 1180. The Labute approximate surface area is 204 Å². The van der Waals surface area contributed by atoms with Gasteiger partial charge in [-0.3, -0.25) is 19.2 Å². The van der Waals surface area contributed by atoms with E-state index < -0.39 is 29.2 Å². The minimum atomic E-state index is -1.37. The van der Waals surface area contributed by atoms with E-state index >= 15 is 0 Å². The van der Waals surface area contributed by atoms with Crippen LogP contribution >= 0.6 is 0 Å². The fraction of sp³-hybridized carbons (Fsp3) is 0.385. The number of methoxy groups -OCH3 is 1. The number of carbonyl (C=O) groups is 4. The van der Waals surface area contributed by atoms with Gasteiger partial charge in [0.25, 0.3) is 5.91 Å². The van der Waals surface area contributed by atoms with E-state index in [0.29, 0.717) is 11.4 Å². The fourth-order valence-corrected chi connectivity index (χ4v) is 5.26. The first-order chi connectivity index (χ1) is 16.6. The summed E-state index contributed by atoms with van der Waals surface area (Å²) < 4.78 is 5.18. The molecule has 2 heterocycles. The standard InChI is InChI=1S/C26H30N4O5/c1-26-23(18-7-5-6-8-20(18)29(25(26)34)15-22(32)28(2)3)19(24(27)33)14-30(26)21(31)13-16-9-11-17(35-4)12-10-16/h5-12,19,23H,13-15H2,1-4H3,(H2,27,33)/t19-,23+,26-/m0/s1. The lowest BCUT2D eigenvalue weighted by Crippen LogP contribution is -2.63. The van der Waals surface area contributed by atoms with E-state index in [1.54, 1.807) is 64.5 Å². The van der Waals surface area contributed by atoms with Gasteiger partial charge in [0.1, 0.15) is 17.8 Å². The van der Waals surface area contributed by atoms with Gasteiger partial charge in [0.15, 0.2) is 0 Å². The number of benzene rings is 2. The van der Waals surface area contributed by atoms with Crippen molar-refractivity contribution in [2.24, 2.45) is 11.7 Å². The summed E-state index contributed by atoms with van der Waals surface area (Å²) >= 11 is 0. The minimum Gasteiger partial charge on any atom is -0.497 e. The number of anilines is 1. The number of primary amides is 1. The second-order valence-electron chi connectivity index (χ2n) is 9.40. The Morgan fingerprint density at radius 1 is 1.11 bits per heavy atom. The van der Waals surface area contributed by atoms with E-state index in [9.17, 15) is 19.2 Å². The SMILES string of the molecule is COc1ccc(CC(=O)N2C[C@H](C(N)=O)[C@H]3c4ccccc4N(CC(=O)N(C)C)C(=O)[C@]32C)cc1. The maximum Gasteiger partial charge on any atom is 0.253 e. The zero-order valence-electron chi connectivity index (χ0n) is 20.4. The molecule has 0 bridgehead atoms. The summed E-state index contributed by atoms with van der Waals surface area (Å²) in [7, 11) is 4.81. The van der Waals surface area contributed by atoms with Crippen LogP contribution in [-0.2, 0) is 25.6 Å². The summed E-state index contributed by atoms with van der Waals surface area (Å²) in [6.07, 6.45) is 0.0450. The van der Waals surface area contributed by atoms with Crippen molar-refractivity contribution in [3.05, 3.63) is 59.7 Å². The molecule has 35 heavy (non-hydrogen) atoms. The van der Waals surface area contributed by atoms with Gasteiger partial charge in [-0.25, -0.2) is 0 Å². The minimum absolute atomic E-state index is 0.0288. The maximum atomic E-state index is 14.1. The highest BCUT2D eigenvalue weighted by molar-refractivity contribution is 6.10. The molecule has 2 aromatic rings. The van der Waals surface area contributed by atoms with Crippen molar-refractivity contribution < 1.29 is 23.9 Å². The van der Waals surface area contributed by atoms with Gasteiger partial charge in [-0.15, -0.1) is 0 Å². The van der Waals surface area contributed by atoms with E-state index in [0.717, 1.165) is 11.1 Å². The van der Waals surface area contributed by atoms with Crippen LogP contribution in [0.1, 0.15) is 24.0 Å². The molecule has 0 aromatic heterocycles. The maximum absolute atomic E-state index is 14.1. The van der Waals surface area contributed by atoms with E-state index in [-0.39, 0.29) is 31.3 Å². The number of nitrogens with two attached hydrogens (primary N) is 1. The molecule has 0 aliphatic carbocycles. The van der Waals surface area contributed by atoms with E-state index in [1.807, 2.05) is 12.1 Å². The van der Waals surface area contributed by atoms with Crippen molar-refractivity contribution >= 4 is 29.3 Å².